The minimum atomic E-state index is -3.35. The molecule has 0 aliphatic carbocycles. The van der Waals surface area contributed by atoms with E-state index in [1.54, 1.807) is 6.92 Å². The second kappa shape index (κ2) is 6.02. The molecular formula is C6H15Cl2NO2S. The lowest BCUT2D eigenvalue weighted by atomic mass is 10.3. The average molecular weight is 236 g/mol. The SMILES string of the molecule is CC(CCN(C)C)S(=O)(=O)Cl.Cl. The largest absolute Gasteiger partial charge is 0.309 e. The predicted molar refractivity (Wildman–Crippen MR) is 54.7 cm³/mol. The zero-order valence-corrected chi connectivity index (χ0v) is 9.84. The Morgan fingerprint density at radius 2 is 1.83 bits per heavy atom. The fraction of sp³-hybridized carbons (Fsp3) is 1.00. The molecule has 0 aliphatic heterocycles. The summed E-state index contributed by atoms with van der Waals surface area (Å²) in [5.41, 5.74) is 0. The second-order valence-corrected chi connectivity index (χ2v) is 5.92. The van der Waals surface area contributed by atoms with E-state index in [1.165, 1.54) is 0 Å². The topological polar surface area (TPSA) is 37.4 Å². The summed E-state index contributed by atoms with van der Waals surface area (Å²) < 4.78 is 21.4. The second-order valence-electron chi connectivity index (χ2n) is 2.88. The van der Waals surface area contributed by atoms with Crippen LogP contribution in [-0.2, 0) is 9.05 Å². The van der Waals surface area contributed by atoms with Crippen LogP contribution in [0.2, 0.25) is 0 Å². The summed E-state index contributed by atoms with van der Waals surface area (Å²) in [6, 6.07) is 0. The first-order chi connectivity index (χ1) is 4.84. The Morgan fingerprint density at radius 3 is 2.08 bits per heavy atom. The Hall–Kier alpha value is 0.490. The molecule has 0 rings (SSSR count). The van der Waals surface area contributed by atoms with E-state index in [9.17, 15) is 8.42 Å². The van der Waals surface area contributed by atoms with E-state index in [2.05, 4.69) is 0 Å². The zero-order valence-electron chi connectivity index (χ0n) is 7.45. The molecule has 12 heavy (non-hydrogen) atoms. The first-order valence-electron chi connectivity index (χ1n) is 3.42. The van der Waals surface area contributed by atoms with Gasteiger partial charge in [-0.15, -0.1) is 12.4 Å². The van der Waals surface area contributed by atoms with Gasteiger partial charge >= 0.3 is 0 Å². The van der Waals surface area contributed by atoms with E-state index >= 15 is 0 Å². The molecule has 0 N–H and O–H groups in total. The smallest absolute Gasteiger partial charge is 0.235 e. The van der Waals surface area contributed by atoms with Gasteiger partial charge in [0, 0.05) is 10.7 Å². The molecule has 76 valence electrons. The van der Waals surface area contributed by atoms with Crippen molar-refractivity contribution in [1.82, 2.24) is 4.90 Å². The summed E-state index contributed by atoms with van der Waals surface area (Å²) in [6.45, 7) is 2.36. The summed E-state index contributed by atoms with van der Waals surface area (Å²) in [7, 11) is 5.56. The molecule has 0 radical (unpaired) electrons. The van der Waals surface area contributed by atoms with Crippen LogP contribution in [0.1, 0.15) is 13.3 Å². The Kier molecular flexibility index (Phi) is 7.52. The van der Waals surface area contributed by atoms with Crippen molar-refractivity contribution in [2.45, 2.75) is 18.6 Å². The Balaban J connectivity index is 0. The van der Waals surface area contributed by atoms with Crippen molar-refractivity contribution in [3.63, 3.8) is 0 Å². The Bertz CT molecular complexity index is 204. The number of nitrogens with zero attached hydrogens (tertiary/aromatic N) is 1. The summed E-state index contributed by atoms with van der Waals surface area (Å²) in [6.07, 6.45) is 0.582. The molecule has 6 heteroatoms. The monoisotopic (exact) mass is 235 g/mol. The third kappa shape index (κ3) is 7.16. The van der Waals surface area contributed by atoms with Gasteiger partial charge in [0.15, 0.2) is 0 Å². The minimum Gasteiger partial charge on any atom is -0.309 e. The highest BCUT2D eigenvalue weighted by molar-refractivity contribution is 8.14. The molecule has 0 aromatic carbocycles. The van der Waals surface area contributed by atoms with Crippen molar-refractivity contribution in [1.29, 1.82) is 0 Å². The van der Waals surface area contributed by atoms with Gasteiger partial charge in [-0.05, 0) is 34.0 Å². The Labute approximate surface area is 84.9 Å². The van der Waals surface area contributed by atoms with Crippen LogP contribution in [0.15, 0.2) is 0 Å². The maximum Gasteiger partial charge on any atom is 0.235 e. The lowest BCUT2D eigenvalue weighted by Gasteiger charge is -2.11. The summed E-state index contributed by atoms with van der Waals surface area (Å²) in [5, 5.41) is -0.452. The number of hydrogen-bond donors (Lipinski definition) is 0. The van der Waals surface area contributed by atoms with E-state index < -0.39 is 14.3 Å². The number of halogens is 2. The Morgan fingerprint density at radius 1 is 1.42 bits per heavy atom. The highest BCUT2D eigenvalue weighted by Crippen LogP contribution is 2.10. The van der Waals surface area contributed by atoms with Crippen LogP contribution < -0.4 is 0 Å². The van der Waals surface area contributed by atoms with Gasteiger partial charge in [0.05, 0.1) is 5.25 Å². The van der Waals surface area contributed by atoms with Crippen molar-refractivity contribution < 1.29 is 8.42 Å². The van der Waals surface area contributed by atoms with Gasteiger partial charge in [0.25, 0.3) is 0 Å². The fourth-order valence-corrected chi connectivity index (χ4v) is 1.23. The summed E-state index contributed by atoms with van der Waals surface area (Å²) in [4.78, 5) is 1.93. The predicted octanol–water partition coefficient (Wildman–Crippen LogP) is 1.32. The summed E-state index contributed by atoms with van der Waals surface area (Å²) >= 11 is 0. The van der Waals surface area contributed by atoms with Gasteiger partial charge in [-0.3, -0.25) is 0 Å². The van der Waals surface area contributed by atoms with Gasteiger partial charge < -0.3 is 4.90 Å². The molecule has 0 spiro atoms. The van der Waals surface area contributed by atoms with E-state index in [0.717, 1.165) is 6.54 Å². The van der Waals surface area contributed by atoms with Crippen molar-refractivity contribution in [2.75, 3.05) is 20.6 Å². The van der Waals surface area contributed by atoms with Gasteiger partial charge in [0.1, 0.15) is 0 Å². The summed E-state index contributed by atoms with van der Waals surface area (Å²) in [5.74, 6) is 0. The molecule has 0 saturated carbocycles. The molecule has 0 heterocycles. The van der Waals surface area contributed by atoms with Gasteiger partial charge in [0.2, 0.25) is 9.05 Å². The number of rotatable bonds is 4. The molecule has 3 nitrogen and oxygen atoms in total. The van der Waals surface area contributed by atoms with Gasteiger partial charge in [-0.1, -0.05) is 0 Å². The molecule has 1 atom stereocenters. The highest BCUT2D eigenvalue weighted by atomic mass is 35.7. The van der Waals surface area contributed by atoms with Gasteiger partial charge in [-0.2, -0.15) is 0 Å². The van der Waals surface area contributed by atoms with E-state index in [0.29, 0.717) is 6.42 Å². The minimum absolute atomic E-state index is 0. The van der Waals surface area contributed by atoms with Crippen LogP contribution >= 0.6 is 23.1 Å². The molecule has 0 amide bonds. The molecule has 0 saturated heterocycles. The van der Waals surface area contributed by atoms with Crippen LogP contribution in [-0.4, -0.2) is 39.2 Å². The highest BCUT2D eigenvalue weighted by Gasteiger charge is 2.16. The van der Waals surface area contributed by atoms with Crippen LogP contribution in [0.4, 0.5) is 0 Å². The third-order valence-corrected chi connectivity index (χ3v) is 3.57. The zero-order chi connectivity index (χ0) is 9.07. The first-order valence-corrected chi connectivity index (χ1v) is 5.79. The van der Waals surface area contributed by atoms with Crippen LogP contribution in [0.5, 0.6) is 0 Å². The normalized spacial score (nSPS) is 14.1. The number of hydrogen-bond acceptors (Lipinski definition) is 3. The third-order valence-electron chi connectivity index (χ3n) is 1.46. The molecule has 0 aromatic heterocycles. The van der Waals surface area contributed by atoms with E-state index in [-0.39, 0.29) is 12.4 Å². The van der Waals surface area contributed by atoms with Crippen molar-refractivity contribution >= 4 is 32.1 Å². The molecule has 0 aliphatic rings. The molecular weight excluding hydrogens is 221 g/mol. The van der Waals surface area contributed by atoms with Crippen molar-refractivity contribution in [2.24, 2.45) is 0 Å². The standard InChI is InChI=1S/C6H14ClNO2S.ClH/c1-6(11(7,9)10)4-5-8(2)3;/h6H,4-5H2,1-3H3;1H. The van der Waals surface area contributed by atoms with Crippen molar-refractivity contribution in [3.05, 3.63) is 0 Å². The van der Waals surface area contributed by atoms with Crippen LogP contribution in [0.3, 0.4) is 0 Å². The molecule has 0 fully saturated rings. The maximum atomic E-state index is 10.7. The van der Waals surface area contributed by atoms with Crippen LogP contribution in [0, 0.1) is 0 Å². The van der Waals surface area contributed by atoms with Gasteiger partial charge in [-0.25, -0.2) is 8.42 Å². The lowest BCUT2D eigenvalue weighted by Crippen LogP contribution is -2.21. The quantitative estimate of drug-likeness (QED) is 0.691. The molecule has 0 bridgehead atoms. The lowest BCUT2D eigenvalue weighted by molar-refractivity contribution is 0.398. The van der Waals surface area contributed by atoms with E-state index in [4.69, 9.17) is 10.7 Å². The molecule has 0 aromatic rings. The maximum absolute atomic E-state index is 10.7. The molecule has 1 unspecified atom stereocenters. The van der Waals surface area contributed by atoms with E-state index in [1.807, 2.05) is 19.0 Å². The van der Waals surface area contributed by atoms with Crippen molar-refractivity contribution in [3.8, 4) is 0 Å². The fourth-order valence-electron chi connectivity index (χ4n) is 0.581. The average Bonchev–Trinajstić information content (AvgIpc) is 1.80. The first kappa shape index (κ1) is 15.0. The van der Waals surface area contributed by atoms with Crippen LogP contribution in [0.25, 0.3) is 0 Å².